The van der Waals surface area contributed by atoms with Gasteiger partial charge in [0, 0.05) is 0 Å². The molecule has 0 aliphatic carbocycles. The molecule has 27 heavy (non-hydrogen) atoms. The zero-order valence-corrected chi connectivity index (χ0v) is 16.7. The fraction of sp³-hybridized carbons (Fsp3) is 0.455. The van der Waals surface area contributed by atoms with Crippen molar-refractivity contribution >= 4 is 0 Å². The first kappa shape index (κ1) is 21.4. The Morgan fingerprint density at radius 3 is 1.26 bits per heavy atom. The van der Waals surface area contributed by atoms with E-state index in [9.17, 15) is 0 Å². The number of benzene rings is 2. The minimum absolute atomic E-state index is 0.576. The van der Waals surface area contributed by atoms with Crippen LogP contribution in [0.4, 0.5) is 0 Å². The Balaban J connectivity index is 2.85. The molecule has 5 nitrogen and oxygen atoms in total. The summed E-state index contributed by atoms with van der Waals surface area (Å²) >= 11 is 0. The fourth-order valence-electron chi connectivity index (χ4n) is 3.85. The Kier molecular flexibility index (Phi) is 8.25. The maximum absolute atomic E-state index is 5.94. The maximum Gasteiger partial charge on any atom is 0.119 e. The van der Waals surface area contributed by atoms with Crippen molar-refractivity contribution in [3.8, 4) is 16.9 Å². The second-order valence-electron chi connectivity index (χ2n) is 6.93. The van der Waals surface area contributed by atoms with Gasteiger partial charge in [-0.1, -0.05) is 17.7 Å². The highest BCUT2D eigenvalue weighted by Gasteiger charge is 2.19. The number of nitrogens with two attached hydrogens (primary N) is 4. The van der Waals surface area contributed by atoms with Crippen LogP contribution in [0.1, 0.15) is 27.8 Å². The summed E-state index contributed by atoms with van der Waals surface area (Å²) in [4.78, 5) is 0. The number of ether oxygens (including phenoxy) is 1. The van der Waals surface area contributed by atoms with Crippen molar-refractivity contribution in [3.63, 3.8) is 0 Å². The van der Waals surface area contributed by atoms with E-state index in [4.69, 9.17) is 27.7 Å². The summed E-state index contributed by atoms with van der Waals surface area (Å²) in [6.07, 6.45) is 3.21. The molecule has 0 heterocycles. The average Bonchev–Trinajstić information content (AvgIpc) is 2.63. The molecule has 2 aromatic rings. The molecule has 2 rings (SSSR count). The lowest BCUT2D eigenvalue weighted by Crippen LogP contribution is -2.13. The first-order chi connectivity index (χ1) is 13.1. The molecular weight excluding hydrogens is 336 g/mol. The SMILES string of the molecule is COc1cc(CCN)c(-c2c(CCN)cc(C)cc2CCN)c(CCN)c1. The van der Waals surface area contributed by atoms with Crippen LogP contribution in [-0.4, -0.2) is 33.3 Å². The summed E-state index contributed by atoms with van der Waals surface area (Å²) in [7, 11) is 1.69. The highest BCUT2D eigenvalue weighted by atomic mass is 16.5. The number of hydrogen-bond donors (Lipinski definition) is 4. The van der Waals surface area contributed by atoms with Crippen molar-refractivity contribution in [2.75, 3.05) is 33.3 Å². The van der Waals surface area contributed by atoms with Crippen molar-refractivity contribution in [2.24, 2.45) is 22.9 Å². The minimum atomic E-state index is 0.576. The van der Waals surface area contributed by atoms with E-state index in [0.717, 1.165) is 31.4 Å². The molecule has 0 bridgehead atoms. The summed E-state index contributed by atoms with van der Waals surface area (Å²) in [6.45, 7) is 4.48. The third kappa shape index (κ3) is 5.08. The van der Waals surface area contributed by atoms with Crippen LogP contribution >= 0.6 is 0 Å². The molecule has 0 fully saturated rings. The minimum Gasteiger partial charge on any atom is -0.497 e. The van der Waals surface area contributed by atoms with Gasteiger partial charge >= 0.3 is 0 Å². The molecule has 0 aliphatic heterocycles. The van der Waals surface area contributed by atoms with Crippen LogP contribution in [0.2, 0.25) is 0 Å². The zero-order valence-electron chi connectivity index (χ0n) is 16.7. The van der Waals surface area contributed by atoms with Crippen LogP contribution in [-0.2, 0) is 25.7 Å². The van der Waals surface area contributed by atoms with Gasteiger partial charge in [0.05, 0.1) is 7.11 Å². The van der Waals surface area contributed by atoms with Crippen molar-refractivity contribution in [2.45, 2.75) is 32.6 Å². The molecule has 0 aromatic heterocycles. The number of hydrogen-bond acceptors (Lipinski definition) is 5. The van der Waals surface area contributed by atoms with Crippen molar-refractivity contribution in [1.82, 2.24) is 0 Å². The predicted octanol–water partition coefficient (Wildman–Crippen LogP) is 1.68. The number of aryl methyl sites for hydroxylation is 1. The van der Waals surface area contributed by atoms with Crippen LogP contribution in [0.25, 0.3) is 11.1 Å². The van der Waals surface area contributed by atoms with E-state index in [1.807, 2.05) is 0 Å². The van der Waals surface area contributed by atoms with Gasteiger partial charge in [-0.25, -0.2) is 0 Å². The summed E-state index contributed by atoms with van der Waals surface area (Å²) in [5.41, 5.74) is 32.4. The highest BCUT2D eigenvalue weighted by molar-refractivity contribution is 5.79. The lowest BCUT2D eigenvalue weighted by Gasteiger charge is -2.23. The Hall–Kier alpha value is -1.92. The second kappa shape index (κ2) is 10.4. The van der Waals surface area contributed by atoms with Crippen LogP contribution in [0, 0.1) is 6.92 Å². The average molecular weight is 371 g/mol. The smallest absolute Gasteiger partial charge is 0.119 e. The molecule has 0 aliphatic rings. The van der Waals surface area contributed by atoms with Gasteiger partial charge in [-0.15, -0.1) is 0 Å². The summed E-state index contributed by atoms with van der Waals surface area (Å²) in [6, 6.07) is 8.68. The van der Waals surface area contributed by atoms with Gasteiger partial charge in [0.1, 0.15) is 5.75 Å². The molecule has 0 saturated heterocycles. The van der Waals surface area contributed by atoms with E-state index < -0.39 is 0 Å². The van der Waals surface area contributed by atoms with Crippen molar-refractivity contribution in [3.05, 3.63) is 52.1 Å². The lowest BCUT2D eigenvalue weighted by atomic mass is 9.83. The highest BCUT2D eigenvalue weighted by Crippen LogP contribution is 2.38. The van der Waals surface area contributed by atoms with Gasteiger partial charge in [-0.05, 0) is 104 Å². The second-order valence-corrected chi connectivity index (χ2v) is 6.93. The molecule has 0 radical (unpaired) electrons. The van der Waals surface area contributed by atoms with Gasteiger partial charge in [-0.3, -0.25) is 0 Å². The molecule has 148 valence electrons. The molecule has 0 spiro atoms. The van der Waals surface area contributed by atoms with Gasteiger partial charge in [0.2, 0.25) is 0 Å². The quantitative estimate of drug-likeness (QED) is 0.508. The van der Waals surface area contributed by atoms with Gasteiger partial charge in [0.25, 0.3) is 0 Å². The monoisotopic (exact) mass is 370 g/mol. The summed E-state index contributed by atoms with van der Waals surface area (Å²) < 4.78 is 5.53. The molecule has 0 unspecified atom stereocenters. The number of methoxy groups -OCH3 is 1. The third-order valence-corrected chi connectivity index (χ3v) is 4.86. The maximum atomic E-state index is 5.94. The van der Waals surface area contributed by atoms with E-state index >= 15 is 0 Å². The van der Waals surface area contributed by atoms with Crippen LogP contribution in [0.3, 0.4) is 0 Å². The van der Waals surface area contributed by atoms with Gasteiger partial charge in [0.15, 0.2) is 0 Å². The largest absolute Gasteiger partial charge is 0.497 e. The van der Waals surface area contributed by atoms with E-state index in [1.54, 1.807) is 7.11 Å². The summed E-state index contributed by atoms with van der Waals surface area (Å²) in [5, 5.41) is 0. The Labute approximate surface area is 163 Å². The molecule has 5 heteroatoms. The molecule has 0 atom stereocenters. The first-order valence-corrected chi connectivity index (χ1v) is 9.72. The lowest BCUT2D eigenvalue weighted by molar-refractivity contribution is 0.414. The van der Waals surface area contributed by atoms with E-state index in [-0.39, 0.29) is 0 Å². The Morgan fingerprint density at radius 1 is 0.630 bits per heavy atom. The molecule has 0 saturated carbocycles. The van der Waals surface area contributed by atoms with Crippen molar-refractivity contribution < 1.29 is 4.74 Å². The fourth-order valence-corrected chi connectivity index (χ4v) is 3.85. The van der Waals surface area contributed by atoms with Crippen LogP contribution in [0.5, 0.6) is 5.75 Å². The summed E-state index contributed by atoms with van der Waals surface area (Å²) in [5.74, 6) is 0.846. The van der Waals surface area contributed by atoms with E-state index in [2.05, 4.69) is 31.2 Å². The molecular formula is C22H34N4O. The predicted molar refractivity (Wildman–Crippen MR) is 114 cm³/mol. The standard InChI is InChI=1S/C22H34N4O/c1-15-11-16(3-7-23)21(17(12-15)4-8-24)22-18(5-9-25)13-20(27-2)14-19(22)6-10-26/h11-14H,3-10,23-26H2,1-2H3. The number of rotatable bonds is 10. The van der Waals surface area contributed by atoms with E-state index in [1.165, 1.54) is 38.9 Å². The van der Waals surface area contributed by atoms with Crippen LogP contribution in [0.15, 0.2) is 24.3 Å². The van der Waals surface area contributed by atoms with Gasteiger partial charge in [-0.2, -0.15) is 0 Å². The van der Waals surface area contributed by atoms with E-state index in [0.29, 0.717) is 26.2 Å². The Bertz CT molecular complexity index is 704. The van der Waals surface area contributed by atoms with Gasteiger partial charge < -0.3 is 27.7 Å². The zero-order chi connectivity index (χ0) is 19.8. The normalized spacial score (nSPS) is 11.0. The van der Waals surface area contributed by atoms with Crippen LogP contribution < -0.4 is 27.7 Å². The topological polar surface area (TPSA) is 113 Å². The Morgan fingerprint density at radius 2 is 0.963 bits per heavy atom. The van der Waals surface area contributed by atoms with Crippen molar-refractivity contribution in [1.29, 1.82) is 0 Å². The third-order valence-electron chi connectivity index (χ3n) is 4.86. The molecule has 8 N–H and O–H groups in total. The molecule has 2 aromatic carbocycles. The first-order valence-electron chi connectivity index (χ1n) is 9.72. The molecule has 0 amide bonds.